The van der Waals surface area contributed by atoms with Crippen LogP contribution in [-0.2, 0) is 6.42 Å². The van der Waals surface area contributed by atoms with Gasteiger partial charge in [0.15, 0.2) is 0 Å². The van der Waals surface area contributed by atoms with Crippen LogP contribution in [0.5, 0.6) is 0 Å². The molecule has 4 heteroatoms. The number of rotatable bonds is 8. The number of halogens is 1. The van der Waals surface area contributed by atoms with E-state index in [0.717, 1.165) is 30.7 Å². The number of aryl methyl sites for hydroxylation is 1. The largest absolute Gasteiger partial charge is 0.339 e. The van der Waals surface area contributed by atoms with Crippen molar-refractivity contribution < 1.29 is 9.18 Å². The van der Waals surface area contributed by atoms with Gasteiger partial charge in [-0.2, -0.15) is 0 Å². The zero-order valence-electron chi connectivity index (χ0n) is 19.4. The molecular formula is C28H37FN2O. The molecule has 172 valence electrons. The van der Waals surface area contributed by atoms with Crippen molar-refractivity contribution in [1.82, 2.24) is 9.80 Å². The van der Waals surface area contributed by atoms with Crippen molar-refractivity contribution in [2.45, 2.75) is 57.4 Å². The van der Waals surface area contributed by atoms with Crippen LogP contribution in [0.2, 0.25) is 0 Å². The third kappa shape index (κ3) is 6.19. The number of carbonyl (C=O) groups excluding carboxylic acids is 1. The van der Waals surface area contributed by atoms with Gasteiger partial charge in [0.05, 0.1) is 0 Å². The molecule has 2 fully saturated rings. The molecule has 2 atom stereocenters. The second-order valence-corrected chi connectivity index (χ2v) is 9.88. The molecule has 4 rings (SSSR count). The Balaban J connectivity index is 1.14. The van der Waals surface area contributed by atoms with Crippen LogP contribution in [0.25, 0.3) is 0 Å². The SMILES string of the molecule is CN(C(=O)c1ccccc1)C1CCC(CN2CCC(CCCc3ccc(F)cc3)CC2)C1. The maximum atomic E-state index is 13.0. The van der Waals surface area contributed by atoms with Crippen molar-refractivity contribution >= 4 is 5.91 Å². The molecule has 0 spiro atoms. The van der Waals surface area contributed by atoms with Crippen molar-refractivity contribution in [3.8, 4) is 0 Å². The van der Waals surface area contributed by atoms with Gasteiger partial charge < -0.3 is 9.80 Å². The lowest BCUT2D eigenvalue weighted by Crippen LogP contribution is -2.38. The van der Waals surface area contributed by atoms with Crippen LogP contribution in [0.3, 0.4) is 0 Å². The number of nitrogens with zero attached hydrogens (tertiary/aromatic N) is 2. The quantitative estimate of drug-likeness (QED) is 0.522. The van der Waals surface area contributed by atoms with Gasteiger partial charge in [-0.25, -0.2) is 4.39 Å². The highest BCUT2D eigenvalue weighted by molar-refractivity contribution is 5.94. The Morgan fingerprint density at radius 3 is 2.41 bits per heavy atom. The van der Waals surface area contributed by atoms with Gasteiger partial charge in [0.25, 0.3) is 5.91 Å². The number of piperidine rings is 1. The summed E-state index contributed by atoms with van der Waals surface area (Å²) in [5, 5.41) is 0. The zero-order chi connectivity index (χ0) is 22.3. The van der Waals surface area contributed by atoms with Gasteiger partial charge in [0.1, 0.15) is 5.82 Å². The van der Waals surface area contributed by atoms with Crippen molar-refractivity contribution in [3.63, 3.8) is 0 Å². The van der Waals surface area contributed by atoms with Gasteiger partial charge in [-0.3, -0.25) is 4.79 Å². The van der Waals surface area contributed by atoms with E-state index in [9.17, 15) is 9.18 Å². The summed E-state index contributed by atoms with van der Waals surface area (Å²) in [5.41, 5.74) is 2.04. The smallest absolute Gasteiger partial charge is 0.253 e. The fourth-order valence-corrected chi connectivity index (χ4v) is 5.59. The first-order valence-corrected chi connectivity index (χ1v) is 12.4. The van der Waals surface area contributed by atoms with Crippen LogP contribution < -0.4 is 0 Å². The van der Waals surface area contributed by atoms with E-state index < -0.39 is 0 Å². The molecule has 1 saturated heterocycles. The maximum Gasteiger partial charge on any atom is 0.253 e. The lowest BCUT2D eigenvalue weighted by atomic mass is 9.90. The molecule has 3 nitrogen and oxygen atoms in total. The summed E-state index contributed by atoms with van der Waals surface area (Å²) in [6, 6.07) is 17.0. The number of likely N-dealkylation sites (tertiary alicyclic amines) is 1. The molecule has 2 aliphatic rings. The van der Waals surface area contributed by atoms with E-state index in [2.05, 4.69) is 4.90 Å². The summed E-state index contributed by atoms with van der Waals surface area (Å²) in [7, 11) is 1.97. The monoisotopic (exact) mass is 436 g/mol. The number of benzene rings is 2. The molecule has 2 unspecified atom stereocenters. The minimum absolute atomic E-state index is 0.149. The molecule has 1 aliphatic carbocycles. The van der Waals surface area contributed by atoms with E-state index in [4.69, 9.17) is 0 Å². The molecule has 32 heavy (non-hydrogen) atoms. The van der Waals surface area contributed by atoms with E-state index in [-0.39, 0.29) is 11.7 Å². The van der Waals surface area contributed by atoms with E-state index in [1.807, 2.05) is 54.4 Å². The fraction of sp³-hybridized carbons (Fsp3) is 0.536. The number of amides is 1. The van der Waals surface area contributed by atoms with E-state index in [1.165, 1.54) is 57.3 Å². The third-order valence-corrected chi connectivity index (χ3v) is 7.62. The Morgan fingerprint density at radius 1 is 0.969 bits per heavy atom. The lowest BCUT2D eigenvalue weighted by Gasteiger charge is -2.34. The van der Waals surface area contributed by atoms with Gasteiger partial charge >= 0.3 is 0 Å². The molecule has 1 amide bonds. The van der Waals surface area contributed by atoms with Crippen LogP contribution in [0, 0.1) is 17.7 Å². The highest BCUT2D eigenvalue weighted by Crippen LogP contribution is 2.32. The summed E-state index contributed by atoms with van der Waals surface area (Å²) in [6.07, 6.45) is 9.61. The molecule has 1 aliphatic heterocycles. The minimum Gasteiger partial charge on any atom is -0.339 e. The Bertz CT molecular complexity index is 845. The molecule has 0 bridgehead atoms. The second-order valence-electron chi connectivity index (χ2n) is 9.88. The van der Waals surface area contributed by atoms with Crippen molar-refractivity contribution in [1.29, 1.82) is 0 Å². The molecule has 2 aromatic carbocycles. The van der Waals surface area contributed by atoms with Gasteiger partial charge in [-0.15, -0.1) is 0 Å². The summed E-state index contributed by atoms with van der Waals surface area (Å²) in [5.74, 6) is 1.54. The van der Waals surface area contributed by atoms with E-state index in [1.54, 1.807) is 12.1 Å². The van der Waals surface area contributed by atoms with E-state index in [0.29, 0.717) is 12.0 Å². The average Bonchev–Trinajstić information content (AvgIpc) is 3.29. The van der Waals surface area contributed by atoms with Crippen LogP contribution in [0.4, 0.5) is 4.39 Å². The van der Waals surface area contributed by atoms with Gasteiger partial charge in [-0.1, -0.05) is 36.8 Å². The van der Waals surface area contributed by atoms with Gasteiger partial charge in [0.2, 0.25) is 0 Å². The van der Waals surface area contributed by atoms with Crippen molar-refractivity contribution in [3.05, 3.63) is 71.5 Å². The average molecular weight is 437 g/mol. The summed E-state index contributed by atoms with van der Waals surface area (Å²) in [6.45, 7) is 3.61. The fourth-order valence-electron chi connectivity index (χ4n) is 5.59. The van der Waals surface area contributed by atoms with Gasteiger partial charge in [0, 0.05) is 25.2 Å². The molecule has 1 saturated carbocycles. The predicted octanol–water partition coefficient (Wildman–Crippen LogP) is 5.80. The summed E-state index contributed by atoms with van der Waals surface area (Å²) < 4.78 is 13.0. The van der Waals surface area contributed by atoms with Crippen LogP contribution in [-0.4, -0.2) is 48.4 Å². The lowest BCUT2D eigenvalue weighted by molar-refractivity contribution is 0.0728. The first-order valence-electron chi connectivity index (χ1n) is 12.4. The Hall–Kier alpha value is -2.20. The standard InChI is InChI=1S/C28H37FN2O/c1-30(28(32)25-8-3-2-4-9-25)27-15-12-24(20-27)21-31-18-16-23(17-19-31)7-5-6-22-10-13-26(29)14-11-22/h2-4,8-11,13-14,23-24,27H,5-7,12,15-21H2,1H3. The van der Waals surface area contributed by atoms with Gasteiger partial charge in [-0.05, 0) is 99.7 Å². The number of hydrogen-bond donors (Lipinski definition) is 0. The van der Waals surface area contributed by atoms with Crippen LogP contribution >= 0.6 is 0 Å². The molecule has 0 aromatic heterocycles. The highest BCUT2D eigenvalue weighted by Gasteiger charge is 2.32. The summed E-state index contributed by atoms with van der Waals surface area (Å²) >= 11 is 0. The zero-order valence-corrected chi connectivity index (χ0v) is 19.4. The Morgan fingerprint density at radius 2 is 1.69 bits per heavy atom. The first-order chi connectivity index (χ1) is 15.6. The van der Waals surface area contributed by atoms with Crippen LogP contribution in [0.1, 0.15) is 60.9 Å². The first kappa shape index (κ1) is 23.0. The summed E-state index contributed by atoms with van der Waals surface area (Å²) in [4.78, 5) is 17.4. The normalized spacial score (nSPS) is 22.2. The van der Waals surface area contributed by atoms with Crippen molar-refractivity contribution in [2.24, 2.45) is 11.8 Å². The molecule has 1 heterocycles. The molecule has 0 radical (unpaired) electrons. The topological polar surface area (TPSA) is 23.6 Å². The van der Waals surface area contributed by atoms with E-state index >= 15 is 0 Å². The maximum absolute atomic E-state index is 13.0. The molecule has 0 N–H and O–H groups in total. The second kappa shape index (κ2) is 11.1. The number of hydrogen-bond acceptors (Lipinski definition) is 2. The third-order valence-electron chi connectivity index (χ3n) is 7.62. The highest BCUT2D eigenvalue weighted by atomic mass is 19.1. The van der Waals surface area contributed by atoms with Crippen LogP contribution in [0.15, 0.2) is 54.6 Å². The predicted molar refractivity (Wildman–Crippen MR) is 128 cm³/mol. The Kier molecular flexibility index (Phi) is 7.96. The molecule has 2 aromatic rings. The molecular weight excluding hydrogens is 399 g/mol. The Labute approximate surface area is 192 Å². The number of carbonyl (C=O) groups is 1. The minimum atomic E-state index is -0.149. The van der Waals surface area contributed by atoms with Crippen molar-refractivity contribution in [2.75, 3.05) is 26.7 Å².